The largest absolute Gasteiger partial charge is 0.353 e. The predicted octanol–water partition coefficient (Wildman–Crippen LogP) is 2.33. The molecule has 2 heterocycles. The van der Waals surface area contributed by atoms with Gasteiger partial charge in [0.2, 0.25) is 11.8 Å². The van der Waals surface area contributed by atoms with Crippen LogP contribution in [-0.4, -0.2) is 54.4 Å². The molecule has 8 heteroatoms. The van der Waals surface area contributed by atoms with Gasteiger partial charge in [-0.05, 0) is 24.3 Å². The Kier molecular flexibility index (Phi) is 7.56. The van der Waals surface area contributed by atoms with Crippen molar-refractivity contribution in [3.05, 3.63) is 54.2 Å². The van der Waals surface area contributed by atoms with Crippen molar-refractivity contribution in [2.24, 2.45) is 0 Å². The fourth-order valence-electron chi connectivity index (χ4n) is 3.52. The van der Waals surface area contributed by atoms with E-state index in [9.17, 15) is 9.59 Å². The summed E-state index contributed by atoms with van der Waals surface area (Å²) in [4.78, 5) is 35.1. The molecule has 31 heavy (non-hydrogen) atoms. The first-order chi connectivity index (χ1) is 15.1. The monoisotopic (exact) mass is 416 g/mol. The van der Waals surface area contributed by atoms with Crippen molar-refractivity contribution in [1.29, 1.82) is 10.5 Å². The first-order valence-corrected chi connectivity index (χ1v) is 10.2. The maximum Gasteiger partial charge on any atom is 0.227 e. The number of amides is 2. The molecule has 158 valence electrons. The number of pyridine rings is 1. The second-order valence-corrected chi connectivity index (χ2v) is 7.17. The number of benzene rings is 1. The molecule has 0 saturated carbocycles. The highest BCUT2D eigenvalue weighted by atomic mass is 16.2. The molecule has 0 radical (unpaired) electrons. The van der Waals surface area contributed by atoms with Gasteiger partial charge in [0.25, 0.3) is 0 Å². The zero-order valence-electron chi connectivity index (χ0n) is 17.3. The van der Waals surface area contributed by atoms with E-state index < -0.39 is 0 Å². The van der Waals surface area contributed by atoms with E-state index >= 15 is 0 Å². The third-order valence-corrected chi connectivity index (χ3v) is 5.20. The summed E-state index contributed by atoms with van der Waals surface area (Å²) < 4.78 is 0. The van der Waals surface area contributed by atoms with Crippen molar-refractivity contribution in [1.82, 2.24) is 9.88 Å². The van der Waals surface area contributed by atoms with Gasteiger partial charge < -0.3 is 14.7 Å². The number of hydrogen-bond donors (Lipinski definition) is 0. The van der Waals surface area contributed by atoms with Gasteiger partial charge in [0.05, 0.1) is 24.1 Å². The second kappa shape index (κ2) is 10.7. The van der Waals surface area contributed by atoms with Crippen LogP contribution in [0.15, 0.2) is 48.7 Å². The Morgan fingerprint density at radius 3 is 2.45 bits per heavy atom. The normalized spacial score (nSPS) is 13.2. The van der Waals surface area contributed by atoms with E-state index in [2.05, 4.69) is 22.0 Å². The molecule has 8 nitrogen and oxygen atoms in total. The third kappa shape index (κ3) is 5.80. The summed E-state index contributed by atoms with van der Waals surface area (Å²) in [7, 11) is 0. The molecule has 3 rings (SSSR count). The molecule has 1 aromatic carbocycles. The van der Waals surface area contributed by atoms with Crippen LogP contribution in [0.5, 0.6) is 0 Å². The molecule has 0 N–H and O–H groups in total. The van der Waals surface area contributed by atoms with E-state index in [-0.39, 0.29) is 31.1 Å². The highest BCUT2D eigenvalue weighted by Gasteiger charge is 2.23. The quantitative estimate of drug-likeness (QED) is 0.686. The smallest absolute Gasteiger partial charge is 0.227 e. The maximum absolute atomic E-state index is 12.7. The summed E-state index contributed by atoms with van der Waals surface area (Å²) in [6, 6.07) is 16.8. The number of nitriles is 2. The van der Waals surface area contributed by atoms with Gasteiger partial charge in [-0.2, -0.15) is 10.5 Å². The fraction of sp³-hybridized carbons (Fsp3) is 0.348. The molecule has 2 aromatic rings. The zero-order valence-corrected chi connectivity index (χ0v) is 17.3. The Morgan fingerprint density at radius 1 is 1.03 bits per heavy atom. The van der Waals surface area contributed by atoms with Gasteiger partial charge in [-0.3, -0.25) is 9.59 Å². The highest BCUT2D eigenvalue weighted by Crippen LogP contribution is 2.18. The van der Waals surface area contributed by atoms with Gasteiger partial charge in [-0.25, -0.2) is 4.98 Å². The molecule has 1 fully saturated rings. The lowest BCUT2D eigenvalue weighted by Crippen LogP contribution is -2.49. The van der Waals surface area contributed by atoms with Crippen LogP contribution in [0.3, 0.4) is 0 Å². The van der Waals surface area contributed by atoms with Crippen molar-refractivity contribution in [2.45, 2.75) is 19.3 Å². The van der Waals surface area contributed by atoms with Crippen molar-refractivity contribution in [2.75, 3.05) is 42.5 Å². The van der Waals surface area contributed by atoms with Crippen LogP contribution < -0.4 is 9.80 Å². The number of anilines is 2. The van der Waals surface area contributed by atoms with E-state index in [4.69, 9.17) is 10.5 Å². The van der Waals surface area contributed by atoms with Gasteiger partial charge >= 0.3 is 0 Å². The molecule has 1 aliphatic rings. The van der Waals surface area contributed by atoms with E-state index in [1.807, 2.05) is 30.3 Å². The molecule has 0 atom stereocenters. The Bertz CT molecular complexity index is 987. The molecular weight excluding hydrogens is 392 g/mol. The molecule has 1 saturated heterocycles. The minimum atomic E-state index is -0.161. The number of carbonyl (C=O) groups is 2. The standard InChI is InChI=1S/C23H24N6O2/c24-10-4-12-29(20-5-2-1-3-6-20)23(31)8-7-22(30)28-15-13-27(14-16-28)21-17-19(18-25)9-11-26-21/h1-3,5-6,9,11,17H,4,7-8,12-16H2. The average molecular weight is 416 g/mol. The molecule has 0 aliphatic carbocycles. The number of carbonyl (C=O) groups excluding carboxylic acids is 2. The first-order valence-electron chi connectivity index (χ1n) is 10.2. The van der Waals surface area contributed by atoms with Gasteiger partial charge in [0, 0.05) is 57.4 Å². The number of para-hydroxylation sites is 1. The van der Waals surface area contributed by atoms with Crippen LogP contribution in [0.25, 0.3) is 0 Å². The fourth-order valence-corrected chi connectivity index (χ4v) is 3.52. The maximum atomic E-state index is 12.7. The SMILES string of the molecule is N#CCCN(C(=O)CCC(=O)N1CCN(c2cc(C#N)ccn2)CC1)c1ccccc1. The third-order valence-electron chi connectivity index (χ3n) is 5.20. The minimum absolute atomic E-state index is 0.0555. The summed E-state index contributed by atoms with van der Waals surface area (Å²) in [6.45, 7) is 2.64. The van der Waals surface area contributed by atoms with E-state index in [1.165, 1.54) is 0 Å². The molecule has 1 aliphatic heterocycles. The Morgan fingerprint density at radius 2 is 1.77 bits per heavy atom. The van der Waals surface area contributed by atoms with Gasteiger partial charge in [-0.1, -0.05) is 18.2 Å². The second-order valence-electron chi connectivity index (χ2n) is 7.17. The van der Waals surface area contributed by atoms with Crippen molar-refractivity contribution in [3.8, 4) is 12.1 Å². The highest BCUT2D eigenvalue weighted by molar-refractivity contribution is 5.95. The number of aromatic nitrogens is 1. The predicted molar refractivity (Wildman–Crippen MR) is 116 cm³/mol. The molecular formula is C23H24N6O2. The summed E-state index contributed by atoms with van der Waals surface area (Å²) in [5.41, 5.74) is 1.29. The lowest BCUT2D eigenvalue weighted by atomic mass is 10.2. The summed E-state index contributed by atoms with van der Waals surface area (Å²) in [5.74, 6) is 0.517. The van der Waals surface area contributed by atoms with Crippen LogP contribution >= 0.6 is 0 Å². The Balaban J connectivity index is 1.52. The minimum Gasteiger partial charge on any atom is -0.353 e. The Labute approximate surface area is 181 Å². The summed E-state index contributed by atoms with van der Waals surface area (Å²) in [5, 5.41) is 17.9. The number of piperazine rings is 1. The topological polar surface area (TPSA) is 104 Å². The Hall–Kier alpha value is -3.91. The lowest BCUT2D eigenvalue weighted by molar-refractivity contribution is -0.133. The lowest BCUT2D eigenvalue weighted by Gasteiger charge is -2.35. The molecule has 0 bridgehead atoms. The van der Waals surface area contributed by atoms with E-state index in [0.29, 0.717) is 38.3 Å². The van der Waals surface area contributed by atoms with Gasteiger partial charge in [0.15, 0.2) is 0 Å². The first kappa shape index (κ1) is 21.8. The van der Waals surface area contributed by atoms with Crippen LogP contribution in [0.1, 0.15) is 24.8 Å². The van der Waals surface area contributed by atoms with Crippen LogP contribution in [0, 0.1) is 22.7 Å². The number of hydrogen-bond acceptors (Lipinski definition) is 6. The molecule has 0 spiro atoms. The van der Waals surface area contributed by atoms with Crippen molar-refractivity contribution < 1.29 is 9.59 Å². The van der Waals surface area contributed by atoms with Crippen molar-refractivity contribution >= 4 is 23.3 Å². The number of nitrogens with zero attached hydrogens (tertiary/aromatic N) is 6. The van der Waals surface area contributed by atoms with E-state index in [1.54, 1.807) is 28.1 Å². The summed E-state index contributed by atoms with van der Waals surface area (Å²) in [6.07, 6.45) is 2.08. The average Bonchev–Trinajstić information content (AvgIpc) is 2.83. The number of rotatable bonds is 7. The molecule has 2 amide bonds. The molecule has 0 unspecified atom stereocenters. The van der Waals surface area contributed by atoms with Crippen LogP contribution in [0.4, 0.5) is 11.5 Å². The van der Waals surface area contributed by atoms with Crippen molar-refractivity contribution in [3.63, 3.8) is 0 Å². The van der Waals surface area contributed by atoms with Crippen LogP contribution in [0.2, 0.25) is 0 Å². The van der Waals surface area contributed by atoms with Crippen LogP contribution in [-0.2, 0) is 9.59 Å². The molecule has 1 aromatic heterocycles. The van der Waals surface area contributed by atoms with E-state index in [0.717, 1.165) is 11.5 Å². The summed E-state index contributed by atoms with van der Waals surface area (Å²) >= 11 is 0. The zero-order chi connectivity index (χ0) is 22.1. The van der Waals surface area contributed by atoms with Gasteiger partial charge in [0.1, 0.15) is 5.82 Å². The van der Waals surface area contributed by atoms with Gasteiger partial charge in [-0.15, -0.1) is 0 Å².